The third kappa shape index (κ3) is 3.35. The molecule has 0 fully saturated rings. The third-order valence-electron chi connectivity index (χ3n) is 3.03. The van der Waals surface area contributed by atoms with Gasteiger partial charge in [-0.2, -0.15) is 0 Å². The zero-order valence-corrected chi connectivity index (χ0v) is 11.9. The number of nitro benzene ring substituents is 1. The van der Waals surface area contributed by atoms with Crippen LogP contribution in [0.25, 0.3) is 0 Å². The number of nitro groups is 1. The van der Waals surface area contributed by atoms with Gasteiger partial charge in [-0.1, -0.05) is 11.6 Å². The number of aryl methyl sites for hydroxylation is 1. The number of aromatic hydroxyl groups is 2. The minimum absolute atomic E-state index is 0.0224. The molecule has 110 valence electrons. The minimum Gasteiger partial charge on any atom is -0.508 e. The second-order valence-electron chi connectivity index (χ2n) is 4.54. The predicted molar refractivity (Wildman–Crippen MR) is 79.9 cm³/mol. The Labute approximate surface area is 125 Å². The number of phenols is 2. The van der Waals surface area contributed by atoms with Crippen LogP contribution >= 0.6 is 11.6 Å². The molecule has 2 aromatic rings. The van der Waals surface area contributed by atoms with Crippen molar-refractivity contribution in [1.29, 1.82) is 0 Å². The standard InChI is InChI=1S/C14H13ClN2O4/c1-8-4-13(17(20)21)11(15)6-12(8)16-7-9-2-3-10(18)5-14(9)19/h2-6,16,18-19H,7H2,1H3. The molecule has 0 spiro atoms. The van der Waals surface area contributed by atoms with Crippen molar-refractivity contribution in [3.05, 3.63) is 56.6 Å². The van der Waals surface area contributed by atoms with Crippen LogP contribution in [0.3, 0.4) is 0 Å². The maximum atomic E-state index is 10.8. The summed E-state index contributed by atoms with van der Waals surface area (Å²) in [6.07, 6.45) is 0. The van der Waals surface area contributed by atoms with Gasteiger partial charge in [0.2, 0.25) is 0 Å². The van der Waals surface area contributed by atoms with Crippen LogP contribution in [-0.2, 0) is 6.54 Å². The summed E-state index contributed by atoms with van der Waals surface area (Å²) in [6, 6.07) is 7.16. The largest absolute Gasteiger partial charge is 0.508 e. The zero-order valence-electron chi connectivity index (χ0n) is 11.1. The number of benzene rings is 2. The van der Waals surface area contributed by atoms with Gasteiger partial charge in [0.15, 0.2) is 0 Å². The van der Waals surface area contributed by atoms with Crippen LogP contribution in [0.15, 0.2) is 30.3 Å². The normalized spacial score (nSPS) is 10.4. The molecule has 3 N–H and O–H groups in total. The number of anilines is 1. The fourth-order valence-electron chi connectivity index (χ4n) is 1.89. The molecule has 2 aromatic carbocycles. The van der Waals surface area contributed by atoms with Crippen LogP contribution in [0.5, 0.6) is 11.5 Å². The fraction of sp³-hybridized carbons (Fsp3) is 0.143. The molecule has 0 amide bonds. The molecule has 0 aliphatic rings. The first-order valence-corrected chi connectivity index (χ1v) is 6.45. The van der Waals surface area contributed by atoms with Crippen molar-refractivity contribution in [2.75, 3.05) is 5.32 Å². The molecule has 0 aliphatic carbocycles. The van der Waals surface area contributed by atoms with Gasteiger partial charge in [0.1, 0.15) is 16.5 Å². The molecule has 7 heteroatoms. The molecule has 6 nitrogen and oxygen atoms in total. The molecule has 0 heterocycles. The number of hydrogen-bond acceptors (Lipinski definition) is 5. The summed E-state index contributed by atoms with van der Waals surface area (Å²) in [5, 5.41) is 32.8. The van der Waals surface area contributed by atoms with Gasteiger partial charge >= 0.3 is 0 Å². The minimum atomic E-state index is -0.537. The Kier molecular flexibility index (Phi) is 4.18. The smallest absolute Gasteiger partial charge is 0.288 e. The highest BCUT2D eigenvalue weighted by Crippen LogP contribution is 2.31. The number of rotatable bonds is 4. The molecular weight excluding hydrogens is 296 g/mol. The van der Waals surface area contributed by atoms with Gasteiger partial charge in [0, 0.05) is 29.9 Å². The van der Waals surface area contributed by atoms with Crippen molar-refractivity contribution >= 4 is 23.0 Å². The highest BCUT2D eigenvalue weighted by Gasteiger charge is 2.15. The number of hydrogen-bond donors (Lipinski definition) is 3. The van der Waals surface area contributed by atoms with Crippen molar-refractivity contribution in [3.8, 4) is 11.5 Å². The Hall–Kier alpha value is -2.47. The number of phenolic OH excluding ortho intramolecular Hbond substituents is 2. The molecule has 0 saturated carbocycles. The van der Waals surface area contributed by atoms with E-state index in [1.807, 2.05) is 0 Å². The lowest BCUT2D eigenvalue weighted by Gasteiger charge is -2.11. The van der Waals surface area contributed by atoms with E-state index in [0.717, 1.165) is 0 Å². The summed E-state index contributed by atoms with van der Waals surface area (Å²) in [4.78, 5) is 10.2. The van der Waals surface area contributed by atoms with Crippen molar-refractivity contribution in [2.24, 2.45) is 0 Å². The second-order valence-corrected chi connectivity index (χ2v) is 4.95. The monoisotopic (exact) mass is 308 g/mol. The second kappa shape index (κ2) is 5.88. The van der Waals surface area contributed by atoms with Crippen LogP contribution in [-0.4, -0.2) is 15.1 Å². The number of nitrogens with zero attached hydrogens (tertiary/aromatic N) is 1. The molecule has 0 unspecified atom stereocenters. The molecule has 21 heavy (non-hydrogen) atoms. The molecule has 0 radical (unpaired) electrons. The van der Waals surface area contributed by atoms with E-state index in [0.29, 0.717) is 23.4 Å². The van der Waals surface area contributed by atoms with Gasteiger partial charge in [-0.15, -0.1) is 0 Å². The van der Waals surface area contributed by atoms with E-state index in [2.05, 4.69) is 5.32 Å². The van der Waals surface area contributed by atoms with E-state index in [4.69, 9.17) is 11.6 Å². The van der Waals surface area contributed by atoms with Crippen molar-refractivity contribution in [3.63, 3.8) is 0 Å². The first-order chi connectivity index (χ1) is 9.88. The van der Waals surface area contributed by atoms with E-state index in [-0.39, 0.29) is 22.2 Å². The lowest BCUT2D eigenvalue weighted by atomic mass is 10.1. The Morgan fingerprint density at radius 3 is 2.62 bits per heavy atom. The zero-order chi connectivity index (χ0) is 15.6. The summed E-state index contributed by atoms with van der Waals surface area (Å²) >= 11 is 5.87. The third-order valence-corrected chi connectivity index (χ3v) is 3.33. The topological polar surface area (TPSA) is 95.6 Å². The number of nitrogens with one attached hydrogen (secondary N) is 1. The van der Waals surface area contributed by atoms with Crippen molar-refractivity contribution in [1.82, 2.24) is 0 Å². The molecule has 2 rings (SSSR count). The summed E-state index contributed by atoms with van der Waals surface area (Å²) < 4.78 is 0. The molecular formula is C14H13ClN2O4. The summed E-state index contributed by atoms with van der Waals surface area (Å²) in [5.74, 6) is -0.0565. The maximum Gasteiger partial charge on any atom is 0.288 e. The summed E-state index contributed by atoms with van der Waals surface area (Å²) in [7, 11) is 0. The lowest BCUT2D eigenvalue weighted by molar-refractivity contribution is -0.384. The highest BCUT2D eigenvalue weighted by molar-refractivity contribution is 6.33. The summed E-state index contributed by atoms with van der Waals surface area (Å²) in [5.41, 5.74) is 1.75. The molecule has 0 saturated heterocycles. The van der Waals surface area contributed by atoms with Gasteiger partial charge in [-0.25, -0.2) is 0 Å². The maximum absolute atomic E-state index is 10.8. The van der Waals surface area contributed by atoms with E-state index in [9.17, 15) is 20.3 Å². The molecule has 0 bridgehead atoms. The van der Waals surface area contributed by atoms with E-state index >= 15 is 0 Å². The average molecular weight is 309 g/mol. The lowest BCUT2D eigenvalue weighted by Crippen LogP contribution is -2.02. The molecule has 0 aromatic heterocycles. The van der Waals surface area contributed by atoms with E-state index in [1.165, 1.54) is 24.3 Å². The van der Waals surface area contributed by atoms with Crippen LogP contribution in [0, 0.1) is 17.0 Å². The van der Waals surface area contributed by atoms with Crippen LogP contribution < -0.4 is 5.32 Å². The SMILES string of the molecule is Cc1cc([N+](=O)[O-])c(Cl)cc1NCc1ccc(O)cc1O. The fourth-order valence-corrected chi connectivity index (χ4v) is 2.12. The molecule has 0 aliphatic heterocycles. The Balaban J connectivity index is 2.20. The molecule has 0 atom stereocenters. The van der Waals surface area contributed by atoms with E-state index in [1.54, 1.807) is 13.0 Å². The first kappa shape index (κ1) is 14.9. The van der Waals surface area contributed by atoms with Gasteiger partial charge in [-0.3, -0.25) is 10.1 Å². The Bertz CT molecular complexity index is 704. The Morgan fingerprint density at radius 1 is 1.29 bits per heavy atom. The van der Waals surface area contributed by atoms with E-state index < -0.39 is 4.92 Å². The highest BCUT2D eigenvalue weighted by atomic mass is 35.5. The van der Waals surface area contributed by atoms with Gasteiger partial charge in [-0.05, 0) is 30.7 Å². The average Bonchev–Trinajstić information content (AvgIpc) is 2.40. The van der Waals surface area contributed by atoms with Crippen LogP contribution in [0.4, 0.5) is 11.4 Å². The predicted octanol–water partition coefficient (Wildman–Crippen LogP) is 3.58. The quantitative estimate of drug-likeness (QED) is 0.592. The van der Waals surface area contributed by atoms with Crippen molar-refractivity contribution in [2.45, 2.75) is 13.5 Å². The van der Waals surface area contributed by atoms with Crippen molar-refractivity contribution < 1.29 is 15.1 Å². The van der Waals surface area contributed by atoms with Crippen LogP contribution in [0.1, 0.15) is 11.1 Å². The first-order valence-electron chi connectivity index (χ1n) is 6.07. The van der Waals surface area contributed by atoms with Crippen LogP contribution in [0.2, 0.25) is 5.02 Å². The van der Waals surface area contributed by atoms with Gasteiger partial charge in [0.25, 0.3) is 5.69 Å². The summed E-state index contributed by atoms with van der Waals surface area (Å²) in [6.45, 7) is 2.02. The Morgan fingerprint density at radius 2 is 2.00 bits per heavy atom. The van der Waals surface area contributed by atoms with Gasteiger partial charge in [0.05, 0.1) is 4.92 Å². The van der Waals surface area contributed by atoms with Gasteiger partial charge < -0.3 is 15.5 Å². The number of halogens is 1.